The largest absolute Gasteiger partial charge is 0.597 e. The van der Waals surface area contributed by atoms with Gasteiger partial charge in [0.25, 0.3) is 0 Å². The third-order valence-electron chi connectivity index (χ3n) is 8.62. The molecule has 49 heavy (non-hydrogen) atoms. The number of benzene rings is 2. The van der Waals surface area contributed by atoms with E-state index in [2.05, 4.69) is 0 Å². The molecule has 8 nitrogen and oxygen atoms in total. The highest BCUT2D eigenvalue weighted by Crippen LogP contribution is 2.45. The summed E-state index contributed by atoms with van der Waals surface area (Å²) < 4.78 is 70.1. The molecule has 0 aromatic heterocycles. The molecule has 2 aromatic carbocycles. The lowest BCUT2D eigenvalue weighted by Crippen LogP contribution is -2.47. The quantitative estimate of drug-likeness (QED) is 0.122. The number of hydrogen-bond donors (Lipinski definition) is 0. The number of unbranched alkanes of at least 4 members (excludes halogenated alkanes) is 2. The molecule has 272 valence electrons. The van der Waals surface area contributed by atoms with Crippen molar-refractivity contribution in [2.45, 2.75) is 115 Å². The molecule has 0 aliphatic carbocycles. The van der Waals surface area contributed by atoms with Crippen LogP contribution in [-0.2, 0) is 30.3 Å². The maximum absolute atomic E-state index is 15.4. The fourth-order valence-electron chi connectivity index (χ4n) is 6.23. The zero-order chi connectivity index (χ0) is 36.0. The predicted molar refractivity (Wildman–Crippen MR) is 193 cm³/mol. The summed E-state index contributed by atoms with van der Waals surface area (Å²) in [5, 5.41) is 0. The normalized spacial score (nSPS) is 18.9. The molecule has 0 saturated heterocycles. The summed E-state index contributed by atoms with van der Waals surface area (Å²) in [6.45, 7) is 15.6. The van der Waals surface area contributed by atoms with Gasteiger partial charge in [-0.25, -0.2) is 18.8 Å². The van der Waals surface area contributed by atoms with Crippen molar-refractivity contribution in [2.24, 2.45) is 9.98 Å². The van der Waals surface area contributed by atoms with Crippen molar-refractivity contribution in [3.8, 4) is 0 Å². The number of ether oxygens (including phenoxy) is 4. The van der Waals surface area contributed by atoms with E-state index in [1.807, 2.05) is 52.8 Å². The lowest BCUT2D eigenvalue weighted by molar-refractivity contribution is 0.174. The van der Waals surface area contributed by atoms with Crippen LogP contribution in [0, 0.1) is 11.6 Å². The molecule has 0 amide bonds. The highest BCUT2D eigenvalue weighted by molar-refractivity contribution is 7.90. The second kappa shape index (κ2) is 16.6. The van der Waals surface area contributed by atoms with E-state index >= 15 is 13.3 Å². The molecule has 4 rings (SSSR count). The van der Waals surface area contributed by atoms with Crippen LogP contribution in [0.3, 0.4) is 0 Å². The average molecular weight is 704 g/mol. The Morgan fingerprint density at radius 1 is 0.776 bits per heavy atom. The van der Waals surface area contributed by atoms with Crippen LogP contribution in [0.2, 0.25) is 0 Å². The number of nitrogens with zero attached hydrogens (tertiary/aromatic N) is 3. The zero-order valence-electron chi connectivity index (χ0n) is 30.7. The molecule has 2 aromatic rings. The number of rotatable bonds is 17. The van der Waals surface area contributed by atoms with Crippen molar-refractivity contribution in [1.29, 1.82) is 0 Å². The topological polar surface area (TPSA) is 87.9 Å². The molecule has 0 N–H and O–H groups in total. The minimum atomic E-state index is -1.65. The smallest absolute Gasteiger partial charge is 0.217 e. The van der Waals surface area contributed by atoms with Gasteiger partial charge in [0.2, 0.25) is 11.8 Å². The third-order valence-corrected chi connectivity index (χ3v) is 10.6. The van der Waals surface area contributed by atoms with Gasteiger partial charge in [0, 0.05) is 49.9 Å². The molecule has 2 aliphatic heterocycles. The van der Waals surface area contributed by atoms with Gasteiger partial charge in [-0.15, -0.1) is 4.31 Å². The first-order valence-electron chi connectivity index (χ1n) is 17.3. The van der Waals surface area contributed by atoms with E-state index in [0.29, 0.717) is 86.2 Å². The Bertz CT molecular complexity index is 1380. The molecule has 0 fully saturated rings. The summed E-state index contributed by atoms with van der Waals surface area (Å²) in [6, 6.07) is 8.13. The van der Waals surface area contributed by atoms with Gasteiger partial charge in [-0.3, -0.25) is 0 Å². The van der Waals surface area contributed by atoms with Gasteiger partial charge in [0.05, 0.1) is 23.2 Å². The number of hydrogen-bond acceptors (Lipinski definition) is 8. The van der Waals surface area contributed by atoms with Crippen LogP contribution >= 0.6 is 0 Å². The van der Waals surface area contributed by atoms with E-state index in [4.69, 9.17) is 28.9 Å². The maximum Gasteiger partial charge on any atom is 0.217 e. The highest BCUT2D eigenvalue weighted by Gasteiger charge is 2.46. The minimum Gasteiger partial charge on any atom is -0.597 e. The van der Waals surface area contributed by atoms with Crippen LogP contribution in [0.15, 0.2) is 46.4 Å². The molecule has 2 unspecified atom stereocenters. The first-order chi connectivity index (χ1) is 23.1. The van der Waals surface area contributed by atoms with Gasteiger partial charge in [-0.2, -0.15) is 0 Å². The first-order valence-corrected chi connectivity index (χ1v) is 18.4. The fraction of sp³-hybridized carbons (Fsp3) is 0.632. The number of methoxy groups -OCH3 is 2. The highest BCUT2D eigenvalue weighted by atomic mass is 32.2. The number of halogens is 2. The summed E-state index contributed by atoms with van der Waals surface area (Å²) in [6.07, 6.45) is 3.98. The Morgan fingerprint density at radius 2 is 1.18 bits per heavy atom. The standard InChI is InChI=1S/C38H55F2N3O5S/c1-36(2,3)49(44)43(32(14-10-12-20-45-8)30-22-26(39)16-18-28(30)34-41-37(4,5)24-47-34)33(15-11-13-21-46-9)31-23-27(40)17-19-29(31)35-42-38(6,7)25-48-35/h16-19,22-23,32-33H,10-15,20-21,24-25H2,1-9H3/t32?,33?,49-/m0/s1. The van der Waals surface area contributed by atoms with Gasteiger partial charge in [0.15, 0.2) is 0 Å². The Morgan fingerprint density at radius 3 is 1.51 bits per heavy atom. The Kier molecular flexibility index (Phi) is 13.3. The maximum atomic E-state index is 15.4. The summed E-state index contributed by atoms with van der Waals surface area (Å²) >= 11 is -1.65. The zero-order valence-corrected chi connectivity index (χ0v) is 31.6. The van der Waals surface area contributed by atoms with E-state index in [0.717, 1.165) is 12.8 Å². The molecular weight excluding hydrogens is 648 g/mol. The Balaban J connectivity index is 1.99. The van der Waals surface area contributed by atoms with E-state index in [-0.39, 0.29) is 0 Å². The van der Waals surface area contributed by atoms with Gasteiger partial charge >= 0.3 is 0 Å². The summed E-state index contributed by atoms with van der Waals surface area (Å²) in [7, 11) is 3.33. The van der Waals surface area contributed by atoms with Crippen molar-refractivity contribution < 1.29 is 32.3 Å². The average Bonchev–Trinajstić information content (AvgIpc) is 3.58. The predicted octanol–water partition coefficient (Wildman–Crippen LogP) is 8.26. The van der Waals surface area contributed by atoms with Gasteiger partial charge in [-0.05, 0) is 135 Å². The molecule has 0 bridgehead atoms. The van der Waals surface area contributed by atoms with Crippen molar-refractivity contribution in [3.63, 3.8) is 0 Å². The second-order valence-corrected chi connectivity index (χ2v) is 17.4. The lowest BCUT2D eigenvalue weighted by atomic mass is 9.90. The van der Waals surface area contributed by atoms with Crippen LogP contribution < -0.4 is 0 Å². The Labute approximate surface area is 295 Å². The van der Waals surface area contributed by atoms with Crippen molar-refractivity contribution in [2.75, 3.05) is 40.6 Å². The monoisotopic (exact) mass is 703 g/mol. The van der Waals surface area contributed by atoms with Crippen molar-refractivity contribution in [3.05, 3.63) is 70.3 Å². The van der Waals surface area contributed by atoms with Crippen molar-refractivity contribution >= 4 is 23.2 Å². The molecule has 0 saturated carbocycles. The summed E-state index contributed by atoms with van der Waals surface area (Å²) in [5.41, 5.74) is 1.67. The van der Waals surface area contributed by atoms with E-state index in [1.54, 1.807) is 26.4 Å². The van der Waals surface area contributed by atoms with E-state index < -0.39 is 50.9 Å². The van der Waals surface area contributed by atoms with Crippen molar-refractivity contribution in [1.82, 2.24) is 4.31 Å². The summed E-state index contributed by atoms with van der Waals surface area (Å²) in [4.78, 5) is 9.71. The lowest BCUT2D eigenvalue weighted by Gasteiger charge is -2.43. The second-order valence-electron chi connectivity index (χ2n) is 15.2. The molecule has 2 heterocycles. The SMILES string of the molecule is COCCCCC(c1cc(F)ccc1C1=NC(C)(C)CO1)N(C(CCCCOC)c1cc(F)ccc1C1=NC(C)(C)CO1)[S@@+]([O-])C(C)(C)C. The first kappa shape index (κ1) is 39.2. The molecular formula is C38H55F2N3O5S. The minimum absolute atomic E-state index is 0.391. The van der Waals surface area contributed by atoms with Gasteiger partial charge in [0.1, 0.15) is 29.6 Å². The Hall–Kier alpha value is -2.57. The molecule has 0 spiro atoms. The van der Waals surface area contributed by atoms with Gasteiger partial charge < -0.3 is 23.5 Å². The van der Waals surface area contributed by atoms with E-state index in [9.17, 15) is 0 Å². The fourth-order valence-corrected chi connectivity index (χ4v) is 7.76. The molecule has 3 atom stereocenters. The summed E-state index contributed by atoms with van der Waals surface area (Å²) in [5.74, 6) is 0.0304. The third kappa shape index (κ3) is 10.3. The van der Waals surface area contributed by atoms with Crippen LogP contribution in [0.4, 0.5) is 8.78 Å². The van der Waals surface area contributed by atoms with E-state index in [1.165, 1.54) is 24.3 Å². The molecule has 0 radical (unpaired) electrons. The van der Waals surface area contributed by atoms with Crippen LogP contribution in [-0.4, -0.2) is 77.1 Å². The number of aliphatic imine (C=N–C) groups is 2. The van der Waals surface area contributed by atoms with Crippen LogP contribution in [0.5, 0.6) is 0 Å². The molecule has 2 aliphatic rings. The van der Waals surface area contributed by atoms with Gasteiger partial charge in [-0.1, -0.05) is 0 Å². The van der Waals surface area contributed by atoms with Crippen LogP contribution in [0.25, 0.3) is 0 Å². The molecule has 11 heteroatoms. The van der Waals surface area contributed by atoms with Crippen LogP contribution in [0.1, 0.15) is 121 Å².